The van der Waals surface area contributed by atoms with E-state index in [4.69, 9.17) is 22.7 Å². The number of fused-ring (bicyclic) bond motifs is 1. The highest BCUT2D eigenvalue weighted by Crippen LogP contribution is 2.40. The van der Waals surface area contributed by atoms with Gasteiger partial charge >= 0.3 is 0 Å². The number of carbonyl (C=O) groups is 4. The van der Waals surface area contributed by atoms with Crippen LogP contribution in [0.5, 0.6) is 0 Å². The fourth-order valence-electron chi connectivity index (χ4n) is 3.72. The zero-order valence-electron chi connectivity index (χ0n) is 18.9. The number of amides is 3. The van der Waals surface area contributed by atoms with Gasteiger partial charge < -0.3 is 31.5 Å². The number of aliphatic carboxylic acids is 1. The number of aromatic nitrogens is 2. The van der Waals surface area contributed by atoms with E-state index in [0.717, 1.165) is 16.2 Å². The van der Waals surface area contributed by atoms with Gasteiger partial charge in [-0.1, -0.05) is 11.1 Å². The number of rotatable bonds is 9. The first-order valence-corrected chi connectivity index (χ1v) is 12.5. The number of nitrogen functional groups attached to an aromatic ring is 1. The van der Waals surface area contributed by atoms with E-state index in [-0.39, 0.29) is 46.7 Å². The van der Waals surface area contributed by atoms with Crippen molar-refractivity contribution in [3.8, 4) is 12.3 Å². The van der Waals surface area contributed by atoms with Crippen molar-refractivity contribution >= 4 is 57.6 Å². The normalized spacial score (nSPS) is 18.9. The highest BCUT2D eigenvalue weighted by atomic mass is 32.2. The topological polar surface area (TPSA) is 197 Å². The SMILES string of the molecule is C#CCON=C(C(=O)NC1C(=O)N2C(C(=O)[O-])=C(C[n+]3cccc(C(N)=O)c3)CS[C@H]12)c1csc(N)n1. The third-order valence-electron chi connectivity index (χ3n) is 5.33. The van der Waals surface area contributed by atoms with Gasteiger partial charge in [-0.25, -0.2) is 9.55 Å². The summed E-state index contributed by atoms with van der Waals surface area (Å²) in [6, 6.07) is 2.09. The number of pyridine rings is 1. The van der Waals surface area contributed by atoms with Crippen LogP contribution in [-0.2, 0) is 25.8 Å². The molecule has 0 bridgehead atoms. The van der Waals surface area contributed by atoms with Gasteiger partial charge in [-0.15, -0.1) is 29.5 Å². The first-order chi connectivity index (χ1) is 17.7. The Balaban J connectivity index is 1.54. The van der Waals surface area contributed by atoms with Gasteiger partial charge in [-0.2, -0.15) is 0 Å². The standard InChI is InChI=1S/C22H19N7O6S2/c1-2-6-35-27-14(13-10-37-22(24)25-13)18(31)26-15-19(32)29-16(21(33)34)12(9-36-20(15)29)8-28-5-3-4-11(7-28)17(23)30/h1,3-5,7,10,15,20H,6,8-9H2,(H5-,23,24,25,26,30,31,33,34)/t15?,20-/m1/s1. The Hall–Kier alpha value is -4.42. The molecular weight excluding hydrogens is 522 g/mol. The van der Waals surface area contributed by atoms with E-state index in [9.17, 15) is 24.3 Å². The Kier molecular flexibility index (Phi) is 7.41. The molecule has 0 spiro atoms. The molecule has 190 valence electrons. The number of nitrogens with one attached hydrogen (secondary N) is 1. The van der Waals surface area contributed by atoms with Crippen LogP contribution in [0.4, 0.5) is 5.13 Å². The summed E-state index contributed by atoms with van der Waals surface area (Å²) >= 11 is 2.34. The molecule has 0 aliphatic carbocycles. The van der Waals surface area contributed by atoms with Crippen molar-refractivity contribution in [2.45, 2.75) is 18.0 Å². The molecule has 1 saturated heterocycles. The molecule has 37 heavy (non-hydrogen) atoms. The lowest BCUT2D eigenvalue weighted by Gasteiger charge is -2.50. The van der Waals surface area contributed by atoms with Crippen molar-refractivity contribution in [1.29, 1.82) is 0 Å². The second-order valence-electron chi connectivity index (χ2n) is 7.72. The van der Waals surface area contributed by atoms with Gasteiger partial charge in [-0.05, 0) is 6.07 Å². The van der Waals surface area contributed by atoms with Crippen molar-refractivity contribution in [3.63, 3.8) is 0 Å². The molecule has 0 aromatic carbocycles. The van der Waals surface area contributed by atoms with Gasteiger partial charge in [-0.3, -0.25) is 19.3 Å². The molecule has 2 aliphatic heterocycles. The largest absolute Gasteiger partial charge is 0.543 e. The Bertz CT molecular complexity index is 1400. The van der Waals surface area contributed by atoms with E-state index < -0.39 is 35.1 Å². The zero-order chi connectivity index (χ0) is 26.7. The molecule has 13 nitrogen and oxygen atoms in total. The van der Waals surface area contributed by atoms with Crippen LogP contribution in [0.15, 0.2) is 46.3 Å². The molecule has 5 N–H and O–H groups in total. The molecule has 15 heteroatoms. The van der Waals surface area contributed by atoms with Gasteiger partial charge in [0.15, 0.2) is 36.4 Å². The first-order valence-electron chi connectivity index (χ1n) is 10.5. The summed E-state index contributed by atoms with van der Waals surface area (Å²) in [4.78, 5) is 59.5. The highest BCUT2D eigenvalue weighted by Gasteiger charge is 2.53. The minimum atomic E-state index is -1.53. The number of thiazole rings is 1. The molecule has 0 radical (unpaired) electrons. The summed E-state index contributed by atoms with van der Waals surface area (Å²) < 4.78 is 1.58. The van der Waals surface area contributed by atoms with E-state index in [1.54, 1.807) is 16.8 Å². The quantitative estimate of drug-likeness (QED) is 0.0772. The third-order valence-corrected chi connectivity index (χ3v) is 7.34. The lowest BCUT2D eigenvalue weighted by Crippen LogP contribution is -2.71. The van der Waals surface area contributed by atoms with Crippen LogP contribution in [0.3, 0.4) is 0 Å². The number of anilines is 1. The molecule has 1 fully saturated rings. The maximum absolute atomic E-state index is 13.0. The highest BCUT2D eigenvalue weighted by molar-refractivity contribution is 8.00. The predicted molar refractivity (Wildman–Crippen MR) is 130 cm³/mol. The van der Waals surface area contributed by atoms with E-state index in [1.807, 2.05) is 0 Å². The Labute approximate surface area is 218 Å². The van der Waals surface area contributed by atoms with Crippen LogP contribution in [-0.4, -0.2) is 63.1 Å². The smallest absolute Gasteiger partial charge is 0.276 e. The van der Waals surface area contributed by atoms with Crippen LogP contribution < -0.4 is 26.5 Å². The van der Waals surface area contributed by atoms with Crippen molar-refractivity contribution in [2.24, 2.45) is 10.9 Å². The summed E-state index contributed by atoms with van der Waals surface area (Å²) in [7, 11) is 0. The molecule has 3 amide bonds. The van der Waals surface area contributed by atoms with Crippen LogP contribution >= 0.6 is 23.1 Å². The van der Waals surface area contributed by atoms with Crippen molar-refractivity contribution in [3.05, 3.63) is 52.4 Å². The van der Waals surface area contributed by atoms with E-state index >= 15 is 0 Å². The van der Waals surface area contributed by atoms with Gasteiger partial charge in [0.05, 0.1) is 11.7 Å². The summed E-state index contributed by atoms with van der Waals surface area (Å²) in [5.41, 5.74) is 11.2. The van der Waals surface area contributed by atoms with Gasteiger partial charge in [0.25, 0.3) is 17.7 Å². The average molecular weight is 542 g/mol. The monoisotopic (exact) mass is 541 g/mol. The number of carbonyl (C=O) groups excluding carboxylic acids is 4. The molecule has 2 atom stereocenters. The Morgan fingerprint density at radius 1 is 1.43 bits per heavy atom. The van der Waals surface area contributed by atoms with Gasteiger partial charge in [0.1, 0.15) is 22.7 Å². The molecule has 1 unspecified atom stereocenters. The molecule has 2 aromatic rings. The van der Waals surface area contributed by atoms with Gasteiger partial charge in [0.2, 0.25) is 0 Å². The number of carboxylic acid groups (broad SMARTS) is 1. The number of thioether (sulfide) groups is 1. The number of nitrogens with zero attached hydrogens (tertiary/aromatic N) is 4. The van der Waals surface area contributed by atoms with Crippen LogP contribution in [0, 0.1) is 12.3 Å². The van der Waals surface area contributed by atoms with Crippen molar-refractivity contribution < 1.29 is 33.7 Å². The van der Waals surface area contributed by atoms with Crippen LogP contribution in [0.1, 0.15) is 16.1 Å². The number of nitrogens with two attached hydrogens (primary N) is 2. The summed E-state index contributed by atoms with van der Waals surface area (Å²) in [5.74, 6) is -1.14. The van der Waals surface area contributed by atoms with Gasteiger partial charge in [0, 0.05) is 22.8 Å². The summed E-state index contributed by atoms with van der Waals surface area (Å²) in [6.45, 7) is -0.118. The average Bonchev–Trinajstić information content (AvgIpc) is 3.30. The molecule has 4 rings (SSSR count). The maximum Gasteiger partial charge on any atom is 0.276 e. The molecule has 0 saturated carbocycles. The van der Waals surface area contributed by atoms with E-state index in [1.165, 1.54) is 29.4 Å². The molecule has 2 aliphatic rings. The lowest BCUT2D eigenvalue weighted by molar-refractivity contribution is -0.689. The van der Waals surface area contributed by atoms with E-state index in [2.05, 4.69) is 21.4 Å². The zero-order valence-corrected chi connectivity index (χ0v) is 20.6. The summed E-state index contributed by atoms with van der Waals surface area (Å²) in [5, 5.41) is 19.3. The lowest BCUT2D eigenvalue weighted by atomic mass is 10.0. The Morgan fingerprint density at radius 2 is 2.22 bits per heavy atom. The fraction of sp³-hybridized carbons (Fsp3) is 0.227. The predicted octanol–water partition coefficient (Wildman–Crippen LogP) is -2.43. The van der Waals surface area contributed by atoms with Crippen molar-refractivity contribution in [1.82, 2.24) is 15.2 Å². The number of primary amides is 1. The maximum atomic E-state index is 13.0. The molecular formula is C22H19N7O6S2. The van der Waals surface area contributed by atoms with Crippen molar-refractivity contribution in [2.75, 3.05) is 18.1 Å². The number of β-lactam (4-membered cyclic amide) rings is 1. The Morgan fingerprint density at radius 3 is 2.86 bits per heavy atom. The summed E-state index contributed by atoms with van der Waals surface area (Å²) in [6.07, 6.45) is 8.26. The molecule has 4 heterocycles. The minimum Gasteiger partial charge on any atom is -0.543 e. The number of hydrogen-bond acceptors (Lipinski definition) is 11. The first kappa shape index (κ1) is 25.7. The fourth-order valence-corrected chi connectivity index (χ4v) is 5.61. The molecule has 2 aromatic heterocycles. The van der Waals surface area contributed by atoms with E-state index in [0.29, 0.717) is 5.57 Å². The number of hydrogen-bond donors (Lipinski definition) is 3. The minimum absolute atomic E-state index is 0.0829. The number of oxime groups is 1. The van der Waals surface area contributed by atoms with Crippen LogP contribution in [0.2, 0.25) is 0 Å². The van der Waals surface area contributed by atoms with Crippen LogP contribution in [0.25, 0.3) is 0 Å². The third kappa shape index (κ3) is 5.25. The number of terminal acetylenes is 1. The second-order valence-corrected chi connectivity index (χ2v) is 9.71. The second kappa shape index (κ2) is 10.7. The number of carboxylic acids is 1.